The predicted molar refractivity (Wildman–Crippen MR) is 110 cm³/mol. The first-order valence-electron chi connectivity index (χ1n) is 9.15. The van der Waals surface area contributed by atoms with E-state index in [1.165, 1.54) is 0 Å². The molecule has 0 saturated heterocycles. The molecule has 28 heavy (non-hydrogen) atoms. The number of fused-ring (bicyclic) bond motifs is 3. The summed E-state index contributed by atoms with van der Waals surface area (Å²) in [5, 5.41) is 19.2. The second kappa shape index (κ2) is 7.29. The standard InChI is InChI=1S/C20H22N8/c1-27(2)6-4-5-22-19-16(8-21)23-11-17-18(19)15-7-13(9-24-20(15)26-17)14-10-25-28(3)12-14/h7,9-12,22H,4-6H2,1-3H3,(H,24,26). The molecule has 4 rings (SSSR count). The van der Waals surface area contributed by atoms with E-state index in [1.54, 1.807) is 10.9 Å². The minimum absolute atomic E-state index is 0.394. The molecule has 0 aromatic carbocycles. The van der Waals surface area contributed by atoms with Crippen molar-refractivity contribution in [1.29, 1.82) is 5.26 Å². The third-order valence-corrected chi connectivity index (χ3v) is 4.72. The quantitative estimate of drug-likeness (QED) is 0.504. The number of hydrogen-bond donors (Lipinski definition) is 2. The largest absolute Gasteiger partial charge is 0.382 e. The maximum absolute atomic E-state index is 9.57. The normalized spacial score (nSPS) is 11.4. The first kappa shape index (κ1) is 17.9. The van der Waals surface area contributed by atoms with Crippen LogP contribution in [0.15, 0.2) is 30.9 Å². The van der Waals surface area contributed by atoms with E-state index in [4.69, 9.17) is 0 Å². The molecule has 0 spiro atoms. The van der Waals surface area contributed by atoms with Crippen molar-refractivity contribution in [3.8, 4) is 17.2 Å². The van der Waals surface area contributed by atoms with Gasteiger partial charge in [-0.3, -0.25) is 4.68 Å². The molecule has 0 amide bonds. The van der Waals surface area contributed by atoms with E-state index in [0.29, 0.717) is 5.69 Å². The van der Waals surface area contributed by atoms with Crippen molar-refractivity contribution in [2.24, 2.45) is 7.05 Å². The Bertz CT molecular complexity index is 1180. The lowest BCUT2D eigenvalue weighted by Crippen LogP contribution is -2.16. The van der Waals surface area contributed by atoms with Gasteiger partial charge in [0, 0.05) is 47.9 Å². The number of nitrogens with one attached hydrogen (secondary N) is 2. The molecule has 0 aliphatic rings. The summed E-state index contributed by atoms with van der Waals surface area (Å²) in [6.45, 7) is 1.73. The van der Waals surface area contributed by atoms with Crippen molar-refractivity contribution < 1.29 is 0 Å². The van der Waals surface area contributed by atoms with E-state index >= 15 is 0 Å². The topological polar surface area (TPSA) is 98.5 Å². The lowest BCUT2D eigenvalue weighted by atomic mass is 10.1. The van der Waals surface area contributed by atoms with Gasteiger partial charge in [0.2, 0.25) is 0 Å². The lowest BCUT2D eigenvalue weighted by molar-refractivity contribution is 0.405. The van der Waals surface area contributed by atoms with Gasteiger partial charge in [0.15, 0.2) is 5.69 Å². The van der Waals surface area contributed by atoms with Gasteiger partial charge in [0.25, 0.3) is 0 Å². The molecular weight excluding hydrogens is 352 g/mol. The summed E-state index contributed by atoms with van der Waals surface area (Å²) in [7, 11) is 5.99. The number of anilines is 1. The Morgan fingerprint density at radius 2 is 2.07 bits per heavy atom. The van der Waals surface area contributed by atoms with E-state index in [-0.39, 0.29) is 0 Å². The molecule has 4 aromatic rings. The third-order valence-electron chi connectivity index (χ3n) is 4.72. The second-order valence-corrected chi connectivity index (χ2v) is 7.11. The summed E-state index contributed by atoms with van der Waals surface area (Å²) in [6, 6.07) is 4.30. The van der Waals surface area contributed by atoms with E-state index in [0.717, 1.165) is 58.3 Å². The molecule has 2 N–H and O–H groups in total. The second-order valence-electron chi connectivity index (χ2n) is 7.11. The van der Waals surface area contributed by atoms with Crippen LogP contribution in [0.5, 0.6) is 0 Å². The van der Waals surface area contributed by atoms with E-state index < -0.39 is 0 Å². The van der Waals surface area contributed by atoms with Gasteiger partial charge in [-0.25, -0.2) is 9.97 Å². The Kier molecular flexibility index (Phi) is 4.67. The van der Waals surface area contributed by atoms with Crippen LogP contribution in [0.3, 0.4) is 0 Å². The molecule has 8 heteroatoms. The zero-order valence-electron chi connectivity index (χ0n) is 16.2. The van der Waals surface area contributed by atoms with E-state index in [1.807, 2.05) is 39.7 Å². The van der Waals surface area contributed by atoms with Crippen LogP contribution in [0.1, 0.15) is 12.1 Å². The van der Waals surface area contributed by atoms with Crippen molar-refractivity contribution in [2.75, 3.05) is 32.5 Å². The van der Waals surface area contributed by atoms with E-state index in [9.17, 15) is 5.26 Å². The fourth-order valence-corrected chi connectivity index (χ4v) is 3.36. The Balaban J connectivity index is 1.82. The first-order chi connectivity index (χ1) is 13.6. The Hall–Kier alpha value is -3.44. The van der Waals surface area contributed by atoms with Crippen LogP contribution in [0, 0.1) is 11.3 Å². The van der Waals surface area contributed by atoms with Gasteiger partial charge >= 0.3 is 0 Å². The van der Waals surface area contributed by atoms with Crippen molar-refractivity contribution >= 4 is 27.6 Å². The minimum Gasteiger partial charge on any atom is -0.382 e. The van der Waals surface area contributed by atoms with Crippen molar-refractivity contribution in [1.82, 2.24) is 29.6 Å². The molecule has 0 fully saturated rings. The van der Waals surface area contributed by atoms with Gasteiger partial charge < -0.3 is 15.2 Å². The van der Waals surface area contributed by atoms with Crippen LogP contribution in [0.25, 0.3) is 33.1 Å². The Morgan fingerprint density at radius 3 is 2.79 bits per heavy atom. The number of hydrogen-bond acceptors (Lipinski definition) is 6. The van der Waals surface area contributed by atoms with Gasteiger partial charge in [-0.05, 0) is 33.1 Å². The van der Waals surface area contributed by atoms with Crippen LogP contribution in [-0.4, -0.2) is 56.8 Å². The molecule has 0 saturated carbocycles. The molecular formula is C20H22N8. The SMILES string of the molecule is CN(C)CCCNc1c(C#N)ncc2[nH]c3ncc(-c4cnn(C)c4)cc3c12. The molecule has 0 bridgehead atoms. The number of pyridine rings is 2. The number of nitriles is 1. The first-order valence-corrected chi connectivity index (χ1v) is 9.15. The molecule has 4 heterocycles. The maximum Gasteiger partial charge on any atom is 0.164 e. The van der Waals surface area contributed by atoms with Crippen LogP contribution in [-0.2, 0) is 7.05 Å². The molecule has 0 radical (unpaired) electrons. The number of nitrogens with zero attached hydrogens (tertiary/aromatic N) is 6. The number of aromatic amines is 1. The highest BCUT2D eigenvalue weighted by Gasteiger charge is 2.16. The van der Waals surface area contributed by atoms with Crippen LogP contribution < -0.4 is 5.32 Å². The van der Waals surface area contributed by atoms with Crippen LogP contribution in [0.2, 0.25) is 0 Å². The molecule has 0 unspecified atom stereocenters. The van der Waals surface area contributed by atoms with Crippen molar-refractivity contribution in [2.45, 2.75) is 6.42 Å². The van der Waals surface area contributed by atoms with Crippen molar-refractivity contribution in [3.05, 3.63) is 36.5 Å². The maximum atomic E-state index is 9.57. The molecule has 0 aliphatic heterocycles. The number of rotatable bonds is 6. The Labute approximate surface area is 162 Å². The zero-order valence-corrected chi connectivity index (χ0v) is 16.2. The lowest BCUT2D eigenvalue weighted by Gasteiger charge is -2.12. The summed E-state index contributed by atoms with van der Waals surface area (Å²) in [5.74, 6) is 0. The van der Waals surface area contributed by atoms with Gasteiger partial charge in [-0.1, -0.05) is 0 Å². The Morgan fingerprint density at radius 1 is 1.21 bits per heavy atom. The molecule has 0 aliphatic carbocycles. The highest BCUT2D eigenvalue weighted by Crippen LogP contribution is 2.34. The molecule has 0 atom stereocenters. The summed E-state index contributed by atoms with van der Waals surface area (Å²) in [6.07, 6.45) is 8.28. The molecule has 142 valence electrons. The van der Waals surface area contributed by atoms with Gasteiger partial charge in [0.1, 0.15) is 11.7 Å². The fraction of sp³-hybridized carbons (Fsp3) is 0.300. The highest BCUT2D eigenvalue weighted by molar-refractivity contribution is 6.13. The van der Waals surface area contributed by atoms with Gasteiger partial charge in [-0.2, -0.15) is 10.4 Å². The fourth-order valence-electron chi connectivity index (χ4n) is 3.36. The number of H-pyrrole nitrogens is 1. The molecule has 8 nitrogen and oxygen atoms in total. The average Bonchev–Trinajstić information content (AvgIpc) is 3.27. The van der Waals surface area contributed by atoms with Crippen molar-refractivity contribution in [3.63, 3.8) is 0 Å². The summed E-state index contributed by atoms with van der Waals surface area (Å²) in [4.78, 5) is 14.3. The third kappa shape index (κ3) is 3.28. The van der Waals surface area contributed by atoms with E-state index in [2.05, 4.69) is 42.4 Å². The molecule has 4 aromatic heterocycles. The summed E-state index contributed by atoms with van der Waals surface area (Å²) >= 11 is 0. The summed E-state index contributed by atoms with van der Waals surface area (Å²) < 4.78 is 1.77. The zero-order chi connectivity index (χ0) is 19.7. The van der Waals surface area contributed by atoms with Crippen LogP contribution >= 0.6 is 0 Å². The predicted octanol–water partition coefficient (Wildman–Crippen LogP) is 2.75. The highest BCUT2D eigenvalue weighted by atomic mass is 15.2. The van der Waals surface area contributed by atoms with Gasteiger partial charge in [-0.15, -0.1) is 0 Å². The number of aryl methyl sites for hydroxylation is 1. The van der Waals surface area contributed by atoms with Crippen LogP contribution in [0.4, 0.5) is 5.69 Å². The van der Waals surface area contributed by atoms with Gasteiger partial charge in [0.05, 0.1) is 23.6 Å². The smallest absolute Gasteiger partial charge is 0.164 e. The summed E-state index contributed by atoms with van der Waals surface area (Å²) in [5.41, 5.74) is 4.77. The number of aromatic nitrogens is 5. The average molecular weight is 374 g/mol. The monoisotopic (exact) mass is 374 g/mol. The minimum atomic E-state index is 0.394.